The molecular formula is C22H11ClF4N4O2. The molecule has 0 aliphatic rings. The number of hydrogen-bond donors (Lipinski definition) is 0. The first-order valence-corrected chi connectivity index (χ1v) is 9.76. The average molecular weight is 475 g/mol. The topological polar surface area (TPSA) is 69.9 Å². The quantitative estimate of drug-likeness (QED) is 0.272. The SMILES string of the molecule is Fc1cccc(Cl)c1-c1noc(-c2cnn(-c3ccncc3)c2C(F)(F)F)c1-c1ccoc1. The van der Waals surface area contributed by atoms with Crippen LogP contribution in [0.5, 0.6) is 0 Å². The van der Waals surface area contributed by atoms with E-state index in [2.05, 4.69) is 15.2 Å². The molecule has 0 amide bonds. The molecular weight excluding hydrogens is 464 g/mol. The lowest BCUT2D eigenvalue weighted by Gasteiger charge is -2.12. The number of alkyl halides is 3. The molecule has 4 heterocycles. The Morgan fingerprint density at radius 2 is 1.79 bits per heavy atom. The normalized spacial score (nSPS) is 11.8. The third kappa shape index (κ3) is 3.58. The van der Waals surface area contributed by atoms with Crippen molar-refractivity contribution in [2.24, 2.45) is 0 Å². The Morgan fingerprint density at radius 3 is 2.45 bits per heavy atom. The second-order valence-corrected chi connectivity index (χ2v) is 7.27. The van der Waals surface area contributed by atoms with Gasteiger partial charge in [0.2, 0.25) is 0 Å². The standard InChI is InChI=1S/C22H11ClF4N4O2/c23-15-2-1-3-16(24)18(15)19-17(12-6-9-32-11-12)20(33-30-19)14-10-29-31(21(14)22(25,26)27)13-4-7-28-8-5-13/h1-11H. The third-order valence-corrected chi connectivity index (χ3v) is 5.21. The summed E-state index contributed by atoms with van der Waals surface area (Å²) in [5.41, 5.74) is -1.12. The largest absolute Gasteiger partial charge is 0.472 e. The fraction of sp³-hybridized carbons (Fsp3) is 0.0455. The molecule has 0 atom stereocenters. The minimum atomic E-state index is -4.81. The van der Waals surface area contributed by atoms with Gasteiger partial charge in [-0.3, -0.25) is 4.98 Å². The Balaban J connectivity index is 1.80. The lowest BCUT2D eigenvalue weighted by atomic mass is 9.98. The highest BCUT2D eigenvalue weighted by Crippen LogP contribution is 2.46. The highest BCUT2D eigenvalue weighted by atomic mass is 35.5. The molecule has 0 spiro atoms. The van der Waals surface area contributed by atoms with Crippen molar-refractivity contribution >= 4 is 11.6 Å². The third-order valence-electron chi connectivity index (χ3n) is 4.89. The zero-order valence-electron chi connectivity index (χ0n) is 16.3. The first kappa shape index (κ1) is 21.0. The van der Waals surface area contributed by atoms with E-state index in [1.807, 2.05) is 0 Å². The summed E-state index contributed by atoms with van der Waals surface area (Å²) in [6, 6.07) is 8.27. The number of halogens is 5. The van der Waals surface area contributed by atoms with Gasteiger partial charge in [0, 0.05) is 18.0 Å². The monoisotopic (exact) mass is 474 g/mol. The van der Waals surface area contributed by atoms with Crippen LogP contribution in [0.4, 0.5) is 17.6 Å². The smallest absolute Gasteiger partial charge is 0.434 e. The molecule has 0 unspecified atom stereocenters. The maximum absolute atomic E-state index is 14.7. The summed E-state index contributed by atoms with van der Waals surface area (Å²) in [5.74, 6) is -0.978. The summed E-state index contributed by atoms with van der Waals surface area (Å²) in [6.45, 7) is 0. The molecule has 5 rings (SSSR count). The molecule has 166 valence electrons. The second kappa shape index (κ2) is 7.89. The van der Waals surface area contributed by atoms with Crippen LogP contribution < -0.4 is 0 Å². The average Bonchev–Trinajstić information content (AvgIpc) is 3.52. The maximum Gasteiger partial charge on any atom is 0.434 e. The molecule has 5 aromatic rings. The van der Waals surface area contributed by atoms with Crippen LogP contribution in [-0.2, 0) is 6.18 Å². The second-order valence-electron chi connectivity index (χ2n) is 6.87. The molecule has 0 N–H and O–H groups in total. The Morgan fingerprint density at radius 1 is 1.00 bits per heavy atom. The number of rotatable bonds is 4. The van der Waals surface area contributed by atoms with Crippen molar-refractivity contribution in [3.05, 3.63) is 84.0 Å². The number of furan rings is 1. The first-order chi connectivity index (χ1) is 15.9. The maximum atomic E-state index is 14.7. The van der Waals surface area contributed by atoms with Gasteiger partial charge in [-0.05, 0) is 30.3 Å². The summed E-state index contributed by atoms with van der Waals surface area (Å²) in [7, 11) is 0. The molecule has 4 aromatic heterocycles. The van der Waals surface area contributed by atoms with Crippen LogP contribution in [0, 0.1) is 5.82 Å². The zero-order chi connectivity index (χ0) is 23.2. The molecule has 0 aliphatic heterocycles. The van der Waals surface area contributed by atoms with Crippen LogP contribution in [0.15, 0.2) is 76.5 Å². The van der Waals surface area contributed by atoms with Crippen molar-refractivity contribution in [2.75, 3.05) is 0 Å². The number of hydrogen-bond acceptors (Lipinski definition) is 5. The van der Waals surface area contributed by atoms with Crippen molar-refractivity contribution in [3.63, 3.8) is 0 Å². The number of benzene rings is 1. The van der Waals surface area contributed by atoms with E-state index in [9.17, 15) is 17.6 Å². The Bertz CT molecular complexity index is 1410. The molecule has 1 aromatic carbocycles. The molecule has 0 aliphatic carbocycles. The molecule has 0 saturated heterocycles. The van der Waals surface area contributed by atoms with Gasteiger partial charge in [0.25, 0.3) is 0 Å². The van der Waals surface area contributed by atoms with Gasteiger partial charge in [-0.2, -0.15) is 18.3 Å². The summed E-state index contributed by atoms with van der Waals surface area (Å²) in [5, 5.41) is 7.83. The highest BCUT2D eigenvalue weighted by Gasteiger charge is 2.41. The molecule has 0 saturated carbocycles. The summed E-state index contributed by atoms with van der Waals surface area (Å²) < 4.78 is 68.5. The van der Waals surface area contributed by atoms with Crippen LogP contribution in [0.3, 0.4) is 0 Å². The van der Waals surface area contributed by atoms with Gasteiger partial charge >= 0.3 is 6.18 Å². The fourth-order valence-electron chi connectivity index (χ4n) is 3.51. The van der Waals surface area contributed by atoms with Crippen LogP contribution in [-0.4, -0.2) is 19.9 Å². The summed E-state index contributed by atoms with van der Waals surface area (Å²) in [4.78, 5) is 3.82. The Labute approximate surface area is 188 Å². The number of aromatic nitrogens is 4. The van der Waals surface area contributed by atoms with Crippen molar-refractivity contribution in [2.45, 2.75) is 6.18 Å². The Kier molecular flexibility index (Phi) is 5.01. The lowest BCUT2D eigenvalue weighted by Crippen LogP contribution is -2.14. The number of nitrogens with zero attached hydrogens (tertiary/aromatic N) is 4. The van der Waals surface area contributed by atoms with Gasteiger partial charge in [0.05, 0.1) is 46.1 Å². The lowest BCUT2D eigenvalue weighted by molar-refractivity contribution is -0.142. The minimum Gasteiger partial charge on any atom is -0.472 e. The van der Waals surface area contributed by atoms with E-state index >= 15 is 0 Å². The van der Waals surface area contributed by atoms with E-state index < -0.39 is 17.7 Å². The van der Waals surface area contributed by atoms with E-state index in [1.54, 1.807) is 0 Å². The van der Waals surface area contributed by atoms with Crippen LogP contribution in [0.25, 0.3) is 39.4 Å². The first-order valence-electron chi connectivity index (χ1n) is 9.39. The predicted octanol–water partition coefficient (Wildman–Crippen LogP) is 6.66. The van der Waals surface area contributed by atoms with Gasteiger partial charge in [-0.25, -0.2) is 9.07 Å². The summed E-state index contributed by atoms with van der Waals surface area (Å²) in [6.07, 6.45) is 1.51. The van der Waals surface area contributed by atoms with Crippen molar-refractivity contribution in [1.29, 1.82) is 0 Å². The molecule has 11 heteroatoms. The predicted molar refractivity (Wildman–Crippen MR) is 110 cm³/mol. The number of pyridine rings is 1. The highest BCUT2D eigenvalue weighted by molar-refractivity contribution is 6.33. The van der Waals surface area contributed by atoms with E-state index in [0.29, 0.717) is 5.56 Å². The molecule has 0 fully saturated rings. The zero-order valence-corrected chi connectivity index (χ0v) is 17.1. The van der Waals surface area contributed by atoms with E-state index in [1.165, 1.54) is 55.3 Å². The van der Waals surface area contributed by atoms with Gasteiger partial charge in [-0.15, -0.1) is 0 Å². The fourth-order valence-corrected chi connectivity index (χ4v) is 3.76. The molecule has 6 nitrogen and oxygen atoms in total. The Hall–Kier alpha value is -3.92. The van der Waals surface area contributed by atoms with Crippen LogP contribution in [0.2, 0.25) is 5.02 Å². The van der Waals surface area contributed by atoms with Crippen LogP contribution in [0.1, 0.15) is 5.69 Å². The minimum absolute atomic E-state index is 0.0168. The van der Waals surface area contributed by atoms with Gasteiger partial charge in [0.15, 0.2) is 11.5 Å². The van der Waals surface area contributed by atoms with E-state index in [-0.39, 0.29) is 38.9 Å². The molecule has 0 radical (unpaired) electrons. The van der Waals surface area contributed by atoms with E-state index in [4.69, 9.17) is 20.5 Å². The van der Waals surface area contributed by atoms with Crippen molar-refractivity contribution in [1.82, 2.24) is 19.9 Å². The van der Waals surface area contributed by atoms with Gasteiger partial charge < -0.3 is 8.94 Å². The summed E-state index contributed by atoms with van der Waals surface area (Å²) >= 11 is 6.19. The molecule has 0 bridgehead atoms. The van der Waals surface area contributed by atoms with Crippen LogP contribution >= 0.6 is 11.6 Å². The van der Waals surface area contributed by atoms with Crippen molar-refractivity contribution in [3.8, 4) is 39.4 Å². The van der Waals surface area contributed by atoms with E-state index in [0.717, 1.165) is 16.9 Å². The molecule has 33 heavy (non-hydrogen) atoms. The van der Waals surface area contributed by atoms with Gasteiger partial charge in [0.1, 0.15) is 11.5 Å². The van der Waals surface area contributed by atoms with Gasteiger partial charge in [-0.1, -0.05) is 22.8 Å². The van der Waals surface area contributed by atoms with Crippen molar-refractivity contribution < 1.29 is 26.5 Å².